The third-order valence-electron chi connectivity index (χ3n) is 3.16. The summed E-state index contributed by atoms with van der Waals surface area (Å²) < 4.78 is 0. The minimum atomic E-state index is 0.388. The van der Waals surface area contributed by atoms with Crippen LogP contribution < -0.4 is 5.73 Å². The number of nitrogens with zero attached hydrogens (tertiary/aromatic N) is 1. The van der Waals surface area contributed by atoms with E-state index < -0.39 is 0 Å². The Morgan fingerprint density at radius 3 is 3.14 bits per heavy atom. The van der Waals surface area contributed by atoms with Crippen LogP contribution in [0.1, 0.15) is 43.9 Å². The monoisotopic (exact) mass is 193 g/mol. The van der Waals surface area contributed by atoms with Crippen molar-refractivity contribution in [2.24, 2.45) is 11.1 Å². The Balaban J connectivity index is 2.28. The predicted molar refractivity (Wildman–Crippen MR) is 57.1 cm³/mol. The number of H-pyrrole nitrogens is 1. The summed E-state index contributed by atoms with van der Waals surface area (Å²) >= 11 is 0. The summed E-state index contributed by atoms with van der Waals surface area (Å²) in [5.41, 5.74) is 8.75. The summed E-state index contributed by atoms with van der Waals surface area (Å²) in [6, 6.07) is 0. The van der Waals surface area contributed by atoms with Gasteiger partial charge >= 0.3 is 0 Å². The van der Waals surface area contributed by atoms with E-state index in [1.54, 1.807) is 0 Å². The van der Waals surface area contributed by atoms with E-state index in [1.807, 2.05) is 6.20 Å². The molecule has 0 spiro atoms. The van der Waals surface area contributed by atoms with Crippen LogP contribution >= 0.6 is 0 Å². The van der Waals surface area contributed by atoms with Crippen LogP contribution in [0.15, 0.2) is 6.20 Å². The van der Waals surface area contributed by atoms with Gasteiger partial charge in [0.1, 0.15) is 0 Å². The van der Waals surface area contributed by atoms with E-state index in [0.717, 1.165) is 19.4 Å². The van der Waals surface area contributed by atoms with Gasteiger partial charge in [-0.3, -0.25) is 5.10 Å². The third-order valence-corrected chi connectivity index (χ3v) is 3.16. The normalized spacial score (nSPS) is 24.6. The molecular weight excluding hydrogens is 174 g/mol. The van der Waals surface area contributed by atoms with Gasteiger partial charge in [0.15, 0.2) is 0 Å². The molecule has 1 aromatic rings. The Kier molecular flexibility index (Phi) is 2.35. The fourth-order valence-electron chi connectivity index (χ4n) is 2.60. The van der Waals surface area contributed by atoms with Crippen LogP contribution in [0.2, 0.25) is 0 Å². The third kappa shape index (κ3) is 1.69. The largest absolute Gasteiger partial charge is 0.330 e. The molecule has 2 rings (SSSR count). The fourth-order valence-corrected chi connectivity index (χ4v) is 2.60. The van der Waals surface area contributed by atoms with Crippen molar-refractivity contribution in [3.05, 3.63) is 17.5 Å². The molecule has 0 amide bonds. The first-order valence-electron chi connectivity index (χ1n) is 5.34. The second-order valence-electron chi connectivity index (χ2n) is 5.12. The topological polar surface area (TPSA) is 54.7 Å². The molecule has 78 valence electrons. The van der Waals surface area contributed by atoms with Gasteiger partial charge in [0, 0.05) is 5.69 Å². The van der Waals surface area contributed by atoms with Crippen molar-refractivity contribution in [1.29, 1.82) is 0 Å². The maximum Gasteiger partial charge on any atom is 0.0524 e. The van der Waals surface area contributed by atoms with Crippen LogP contribution in [0.25, 0.3) is 0 Å². The summed E-state index contributed by atoms with van der Waals surface area (Å²) in [5.74, 6) is 0.609. The lowest BCUT2D eigenvalue weighted by molar-refractivity contribution is 0.272. The summed E-state index contributed by atoms with van der Waals surface area (Å²) in [6.45, 7) is 5.41. The molecular formula is C11H19N3. The average molecular weight is 193 g/mol. The van der Waals surface area contributed by atoms with Crippen LogP contribution in [-0.2, 0) is 6.42 Å². The molecule has 1 atom stereocenters. The van der Waals surface area contributed by atoms with Gasteiger partial charge < -0.3 is 5.73 Å². The van der Waals surface area contributed by atoms with Crippen molar-refractivity contribution < 1.29 is 0 Å². The lowest BCUT2D eigenvalue weighted by Gasteiger charge is -2.34. The molecule has 0 fully saturated rings. The molecule has 0 saturated carbocycles. The number of hydrogen-bond donors (Lipinski definition) is 2. The van der Waals surface area contributed by atoms with Crippen LogP contribution in [0.3, 0.4) is 0 Å². The average Bonchev–Trinajstić information content (AvgIpc) is 2.50. The summed E-state index contributed by atoms with van der Waals surface area (Å²) in [7, 11) is 0. The van der Waals surface area contributed by atoms with Crippen LogP contribution in [-0.4, -0.2) is 16.7 Å². The van der Waals surface area contributed by atoms with Gasteiger partial charge in [-0.25, -0.2) is 0 Å². The van der Waals surface area contributed by atoms with Crippen LogP contribution in [0.4, 0.5) is 0 Å². The Morgan fingerprint density at radius 2 is 2.43 bits per heavy atom. The smallest absolute Gasteiger partial charge is 0.0524 e. The molecule has 1 aromatic heterocycles. The summed E-state index contributed by atoms with van der Waals surface area (Å²) in [6.07, 6.45) is 5.40. The van der Waals surface area contributed by atoms with Gasteiger partial charge in [-0.15, -0.1) is 0 Å². The number of hydrogen-bond acceptors (Lipinski definition) is 2. The standard InChI is InChI=1S/C11H19N3/c1-11(2)5-8(3-4-12)9-7-13-14-10(9)6-11/h7-8H,3-6,12H2,1-2H3,(H,13,14). The van der Waals surface area contributed by atoms with E-state index in [4.69, 9.17) is 5.73 Å². The van der Waals surface area contributed by atoms with Gasteiger partial charge in [0.25, 0.3) is 0 Å². The van der Waals surface area contributed by atoms with Gasteiger partial charge in [-0.05, 0) is 42.7 Å². The quantitative estimate of drug-likeness (QED) is 0.752. The van der Waals surface area contributed by atoms with Crippen molar-refractivity contribution >= 4 is 0 Å². The Bertz CT molecular complexity index is 314. The lowest BCUT2D eigenvalue weighted by atomic mass is 9.70. The van der Waals surface area contributed by atoms with Gasteiger partial charge in [0.2, 0.25) is 0 Å². The molecule has 14 heavy (non-hydrogen) atoms. The molecule has 3 nitrogen and oxygen atoms in total. The Hall–Kier alpha value is -0.830. The molecule has 1 heterocycles. The fraction of sp³-hybridized carbons (Fsp3) is 0.727. The first kappa shape index (κ1) is 9.71. The first-order chi connectivity index (χ1) is 6.62. The SMILES string of the molecule is CC1(C)Cc2[nH]ncc2C(CCN)C1. The number of aromatic amines is 1. The minimum Gasteiger partial charge on any atom is -0.330 e. The second-order valence-corrected chi connectivity index (χ2v) is 5.12. The maximum atomic E-state index is 5.64. The van der Waals surface area contributed by atoms with E-state index in [1.165, 1.54) is 17.7 Å². The molecule has 0 aromatic carbocycles. The zero-order valence-corrected chi connectivity index (χ0v) is 9.01. The molecule has 0 radical (unpaired) electrons. The van der Waals surface area contributed by atoms with Gasteiger partial charge in [0.05, 0.1) is 6.20 Å². The van der Waals surface area contributed by atoms with Crippen molar-refractivity contribution in [2.45, 2.75) is 39.0 Å². The van der Waals surface area contributed by atoms with Crippen molar-refractivity contribution in [3.63, 3.8) is 0 Å². The molecule has 1 aliphatic rings. The van der Waals surface area contributed by atoms with Gasteiger partial charge in [-0.1, -0.05) is 13.8 Å². The summed E-state index contributed by atoms with van der Waals surface area (Å²) in [4.78, 5) is 0. The van der Waals surface area contributed by atoms with Crippen molar-refractivity contribution in [2.75, 3.05) is 6.54 Å². The molecule has 0 aliphatic heterocycles. The van der Waals surface area contributed by atoms with Crippen molar-refractivity contribution in [1.82, 2.24) is 10.2 Å². The molecule has 0 saturated heterocycles. The van der Waals surface area contributed by atoms with E-state index in [0.29, 0.717) is 11.3 Å². The van der Waals surface area contributed by atoms with Crippen LogP contribution in [0.5, 0.6) is 0 Å². The molecule has 3 heteroatoms. The van der Waals surface area contributed by atoms with E-state index >= 15 is 0 Å². The number of nitrogens with two attached hydrogens (primary N) is 1. The molecule has 0 bridgehead atoms. The van der Waals surface area contributed by atoms with Gasteiger partial charge in [-0.2, -0.15) is 5.10 Å². The highest BCUT2D eigenvalue weighted by atomic mass is 15.1. The number of aromatic nitrogens is 2. The lowest BCUT2D eigenvalue weighted by Crippen LogP contribution is -2.26. The predicted octanol–water partition coefficient (Wildman–Crippen LogP) is 1.81. The first-order valence-corrected chi connectivity index (χ1v) is 5.34. The molecule has 1 unspecified atom stereocenters. The highest BCUT2D eigenvalue weighted by Gasteiger charge is 2.32. The van der Waals surface area contributed by atoms with Crippen molar-refractivity contribution in [3.8, 4) is 0 Å². The molecule has 3 N–H and O–H groups in total. The van der Waals surface area contributed by atoms with E-state index in [-0.39, 0.29) is 0 Å². The van der Waals surface area contributed by atoms with E-state index in [2.05, 4.69) is 24.0 Å². The minimum absolute atomic E-state index is 0.388. The number of fused-ring (bicyclic) bond motifs is 1. The highest BCUT2D eigenvalue weighted by molar-refractivity contribution is 5.26. The Morgan fingerprint density at radius 1 is 1.64 bits per heavy atom. The highest BCUT2D eigenvalue weighted by Crippen LogP contribution is 2.42. The second kappa shape index (κ2) is 3.39. The van der Waals surface area contributed by atoms with E-state index in [9.17, 15) is 0 Å². The van der Waals surface area contributed by atoms with Crippen LogP contribution in [0, 0.1) is 5.41 Å². The zero-order chi connectivity index (χ0) is 10.2. The zero-order valence-electron chi connectivity index (χ0n) is 9.01. The molecule has 1 aliphatic carbocycles. The number of rotatable bonds is 2. The summed E-state index contributed by atoms with van der Waals surface area (Å²) in [5, 5.41) is 7.25. The maximum absolute atomic E-state index is 5.64. The number of nitrogens with one attached hydrogen (secondary N) is 1. The Labute approximate surface area is 85.1 Å².